The molecule has 1 aliphatic heterocycles. The first-order valence-electron chi connectivity index (χ1n) is 5.39. The molecule has 0 bridgehead atoms. The molecule has 6 nitrogen and oxygen atoms in total. The number of rotatable bonds is 3. The topological polar surface area (TPSA) is 84.5 Å². The number of imide groups is 2. The van der Waals surface area contributed by atoms with Crippen LogP contribution < -0.4 is 15.4 Å². The summed E-state index contributed by atoms with van der Waals surface area (Å²) < 4.78 is 5.01. The van der Waals surface area contributed by atoms with E-state index >= 15 is 0 Å². The van der Waals surface area contributed by atoms with Gasteiger partial charge in [-0.05, 0) is 24.1 Å². The molecule has 0 aliphatic carbocycles. The van der Waals surface area contributed by atoms with Gasteiger partial charge in [0.1, 0.15) is 11.7 Å². The van der Waals surface area contributed by atoms with E-state index in [1.165, 1.54) is 0 Å². The average Bonchev–Trinajstić information content (AvgIpc) is 2.34. The molecule has 94 valence electrons. The molecule has 0 spiro atoms. The Morgan fingerprint density at radius 1 is 1.06 bits per heavy atom. The lowest BCUT2D eigenvalue weighted by Crippen LogP contribution is -2.56. The van der Waals surface area contributed by atoms with Crippen LogP contribution in [0.3, 0.4) is 0 Å². The summed E-state index contributed by atoms with van der Waals surface area (Å²) in [6, 6.07) is 6.28. The molecule has 2 N–H and O–H groups in total. The number of nitrogens with one attached hydrogen (secondary N) is 2. The van der Waals surface area contributed by atoms with E-state index in [2.05, 4.69) is 10.6 Å². The number of ether oxygens (including phenoxy) is 1. The molecule has 0 radical (unpaired) electrons. The minimum Gasteiger partial charge on any atom is -0.497 e. The minimum atomic E-state index is -0.879. The summed E-state index contributed by atoms with van der Waals surface area (Å²) in [5.41, 5.74) is 0.820. The molecule has 1 aromatic rings. The van der Waals surface area contributed by atoms with E-state index in [4.69, 9.17) is 4.74 Å². The number of benzene rings is 1. The van der Waals surface area contributed by atoms with Crippen molar-refractivity contribution in [3.8, 4) is 5.75 Å². The Kier molecular flexibility index (Phi) is 3.27. The van der Waals surface area contributed by atoms with Crippen LogP contribution in [-0.4, -0.2) is 25.0 Å². The van der Waals surface area contributed by atoms with Crippen LogP contribution in [0.15, 0.2) is 24.3 Å². The molecule has 4 amide bonds. The third-order valence-electron chi connectivity index (χ3n) is 2.71. The fourth-order valence-corrected chi connectivity index (χ4v) is 1.73. The van der Waals surface area contributed by atoms with Gasteiger partial charge in [0.05, 0.1) is 7.11 Å². The summed E-state index contributed by atoms with van der Waals surface area (Å²) in [4.78, 5) is 33.9. The van der Waals surface area contributed by atoms with E-state index in [9.17, 15) is 14.4 Å². The zero-order chi connectivity index (χ0) is 13.1. The van der Waals surface area contributed by atoms with Crippen LogP contribution in [0, 0.1) is 5.92 Å². The number of carbonyl (C=O) groups is 3. The molecule has 1 aliphatic rings. The number of hydrogen-bond donors (Lipinski definition) is 2. The quantitative estimate of drug-likeness (QED) is 0.749. The maximum Gasteiger partial charge on any atom is 0.328 e. The smallest absolute Gasteiger partial charge is 0.328 e. The van der Waals surface area contributed by atoms with E-state index in [0.717, 1.165) is 5.56 Å². The van der Waals surface area contributed by atoms with Crippen molar-refractivity contribution in [1.82, 2.24) is 10.6 Å². The van der Waals surface area contributed by atoms with Crippen molar-refractivity contribution in [1.29, 1.82) is 0 Å². The second kappa shape index (κ2) is 4.87. The van der Waals surface area contributed by atoms with Gasteiger partial charge in [-0.2, -0.15) is 0 Å². The van der Waals surface area contributed by atoms with E-state index in [-0.39, 0.29) is 6.42 Å². The van der Waals surface area contributed by atoms with Crippen molar-refractivity contribution >= 4 is 17.8 Å². The van der Waals surface area contributed by atoms with Gasteiger partial charge in [-0.25, -0.2) is 4.79 Å². The zero-order valence-corrected chi connectivity index (χ0v) is 9.73. The van der Waals surface area contributed by atoms with Crippen molar-refractivity contribution in [3.63, 3.8) is 0 Å². The maximum absolute atomic E-state index is 11.5. The highest BCUT2D eigenvalue weighted by Gasteiger charge is 2.33. The predicted molar refractivity (Wildman–Crippen MR) is 61.9 cm³/mol. The van der Waals surface area contributed by atoms with E-state index in [1.54, 1.807) is 31.4 Å². The summed E-state index contributed by atoms with van der Waals surface area (Å²) in [5, 5.41) is 4.14. The molecule has 1 aromatic carbocycles. The van der Waals surface area contributed by atoms with Gasteiger partial charge in [0, 0.05) is 0 Å². The Hall–Kier alpha value is -2.37. The molecule has 0 atom stereocenters. The van der Waals surface area contributed by atoms with Gasteiger partial charge < -0.3 is 4.74 Å². The monoisotopic (exact) mass is 248 g/mol. The van der Waals surface area contributed by atoms with Crippen LogP contribution in [0.4, 0.5) is 4.79 Å². The van der Waals surface area contributed by atoms with Gasteiger partial charge in [0.2, 0.25) is 11.8 Å². The largest absolute Gasteiger partial charge is 0.497 e. The van der Waals surface area contributed by atoms with E-state index < -0.39 is 23.8 Å². The lowest BCUT2D eigenvalue weighted by atomic mass is 9.96. The molecular weight excluding hydrogens is 236 g/mol. The van der Waals surface area contributed by atoms with Crippen molar-refractivity contribution in [3.05, 3.63) is 29.8 Å². The lowest BCUT2D eigenvalue weighted by molar-refractivity contribution is -0.135. The Balaban J connectivity index is 2.10. The summed E-state index contributed by atoms with van der Waals surface area (Å²) in [6.45, 7) is 0. The maximum atomic E-state index is 11.5. The highest BCUT2D eigenvalue weighted by atomic mass is 16.5. The first-order chi connectivity index (χ1) is 8.60. The molecule has 1 saturated heterocycles. The Bertz CT molecular complexity index is 475. The second-order valence-corrected chi connectivity index (χ2v) is 3.91. The van der Waals surface area contributed by atoms with Crippen LogP contribution in [-0.2, 0) is 16.0 Å². The highest BCUT2D eigenvalue weighted by Crippen LogP contribution is 2.16. The summed E-state index contributed by atoms with van der Waals surface area (Å²) in [6.07, 6.45) is 0.245. The third kappa shape index (κ3) is 2.48. The number of amides is 4. The van der Waals surface area contributed by atoms with Gasteiger partial charge in [0.25, 0.3) is 0 Å². The van der Waals surface area contributed by atoms with Crippen molar-refractivity contribution in [2.24, 2.45) is 5.92 Å². The minimum absolute atomic E-state index is 0.245. The lowest BCUT2D eigenvalue weighted by Gasteiger charge is -2.20. The van der Waals surface area contributed by atoms with Gasteiger partial charge in [-0.1, -0.05) is 12.1 Å². The van der Waals surface area contributed by atoms with Crippen LogP contribution >= 0.6 is 0 Å². The molecule has 1 heterocycles. The normalized spacial score (nSPS) is 16.2. The molecule has 0 unspecified atom stereocenters. The fourth-order valence-electron chi connectivity index (χ4n) is 1.73. The first-order valence-corrected chi connectivity index (χ1v) is 5.39. The number of barbiturate groups is 1. The molecule has 6 heteroatoms. The van der Waals surface area contributed by atoms with Gasteiger partial charge >= 0.3 is 6.03 Å². The molecule has 2 rings (SSSR count). The third-order valence-corrected chi connectivity index (χ3v) is 2.71. The molecule has 1 fully saturated rings. The van der Waals surface area contributed by atoms with Crippen LogP contribution in [0.1, 0.15) is 5.56 Å². The first kappa shape index (κ1) is 12.1. The van der Waals surface area contributed by atoms with Crippen LogP contribution in [0.2, 0.25) is 0 Å². The summed E-state index contributed by atoms with van der Waals surface area (Å²) >= 11 is 0. The zero-order valence-electron chi connectivity index (χ0n) is 9.73. The molecular formula is C12H12N2O4. The van der Waals surface area contributed by atoms with Gasteiger partial charge in [0.15, 0.2) is 0 Å². The Morgan fingerprint density at radius 3 is 2.11 bits per heavy atom. The van der Waals surface area contributed by atoms with E-state index in [0.29, 0.717) is 5.75 Å². The standard InChI is InChI=1S/C12H12N2O4/c1-18-8-4-2-7(3-5-8)6-9-10(15)13-12(17)14-11(9)16/h2-5,9H,6H2,1H3,(H2,13,14,15,16,17). The highest BCUT2D eigenvalue weighted by molar-refractivity contribution is 6.16. The molecule has 0 saturated carbocycles. The molecule has 18 heavy (non-hydrogen) atoms. The predicted octanol–water partition coefficient (Wildman–Crippen LogP) is 0.220. The van der Waals surface area contributed by atoms with Crippen molar-refractivity contribution in [2.45, 2.75) is 6.42 Å². The van der Waals surface area contributed by atoms with Crippen molar-refractivity contribution in [2.75, 3.05) is 7.11 Å². The number of methoxy groups -OCH3 is 1. The second-order valence-electron chi connectivity index (χ2n) is 3.91. The SMILES string of the molecule is COc1ccc(CC2C(=O)NC(=O)NC2=O)cc1. The van der Waals surface area contributed by atoms with Gasteiger partial charge in [-0.15, -0.1) is 0 Å². The molecule has 0 aromatic heterocycles. The Labute approximate surface area is 103 Å². The Morgan fingerprint density at radius 2 is 1.61 bits per heavy atom. The number of urea groups is 1. The fraction of sp³-hybridized carbons (Fsp3) is 0.250. The summed E-state index contributed by atoms with van der Waals surface area (Å²) in [7, 11) is 1.56. The summed E-state index contributed by atoms with van der Waals surface area (Å²) in [5.74, 6) is -1.32. The van der Waals surface area contributed by atoms with Crippen LogP contribution in [0.25, 0.3) is 0 Å². The van der Waals surface area contributed by atoms with Gasteiger partial charge in [-0.3, -0.25) is 20.2 Å². The number of carbonyl (C=O) groups excluding carboxylic acids is 3. The van der Waals surface area contributed by atoms with Crippen molar-refractivity contribution < 1.29 is 19.1 Å². The average molecular weight is 248 g/mol. The van der Waals surface area contributed by atoms with E-state index in [1.807, 2.05) is 0 Å². The number of hydrogen-bond acceptors (Lipinski definition) is 4. The van der Waals surface area contributed by atoms with Crippen LogP contribution in [0.5, 0.6) is 5.75 Å².